The molecule has 14 heavy (non-hydrogen) atoms. The average Bonchev–Trinajstić information content (AvgIpc) is 2.01. The molecule has 1 aromatic rings. The van der Waals surface area contributed by atoms with E-state index in [1.54, 1.807) is 25.1 Å². The van der Waals surface area contributed by atoms with Crippen molar-refractivity contribution < 1.29 is 9.90 Å². The van der Waals surface area contributed by atoms with Gasteiger partial charge in [-0.05, 0) is 32.3 Å². The molecular formula is C10H12ClNO2. The minimum atomic E-state index is -0.121. The Kier molecular flexibility index (Phi) is 3.49. The second-order valence-corrected chi connectivity index (χ2v) is 3.76. The third-order valence-corrected chi connectivity index (χ3v) is 1.96. The van der Waals surface area contributed by atoms with Gasteiger partial charge in [-0.15, -0.1) is 0 Å². The lowest BCUT2D eigenvalue weighted by Crippen LogP contribution is -2.21. The van der Waals surface area contributed by atoms with E-state index in [4.69, 9.17) is 11.6 Å². The molecule has 0 aliphatic carbocycles. The number of nitrogens with zero attached hydrogens (tertiary/aromatic N) is 1. The third kappa shape index (κ3) is 2.72. The number of benzene rings is 1. The average molecular weight is 214 g/mol. The van der Waals surface area contributed by atoms with Crippen molar-refractivity contribution in [1.29, 1.82) is 0 Å². The fourth-order valence-electron chi connectivity index (χ4n) is 1.11. The zero-order valence-electron chi connectivity index (χ0n) is 8.12. The summed E-state index contributed by atoms with van der Waals surface area (Å²) in [4.78, 5) is 13.3. The molecule has 0 saturated heterocycles. The Morgan fingerprint density at radius 2 is 2.14 bits per heavy atom. The van der Waals surface area contributed by atoms with Crippen molar-refractivity contribution in [2.24, 2.45) is 0 Å². The molecule has 76 valence electrons. The van der Waals surface area contributed by atoms with Crippen molar-refractivity contribution in [1.82, 2.24) is 4.90 Å². The van der Waals surface area contributed by atoms with Crippen molar-refractivity contribution in [3.63, 3.8) is 0 Å². The van der Waals surface area contributed by atoms with E-state index in [0.717, 1.165) is 0 Å². The summed E-state index contributed by atoms with van der Waals surface area (Å²) in [6.07, 6.45) is 0. The highest BCUT2D eigenvalue weighted by Gasteiger charge is 2.11. The number of phenols is 1. The number of carbonyl (C=O) groups is 1. The zero-order chi connectivity index (χ0) is 10.7. The Hall–Kier alpha value is -1.06. The van der Waals surface area contributed by atoms with Gasteiger partial charge in [-0.1, -0.05) is 11.6 Å². The highest BCUT2D eigenvalue weighted by molar-refractivity contribution is 6.30. The lowest BCUT2D eigenvalue weighted by Gasteiger charge is -2.09. The molecule has 1 N–H and O–H groups in total. The molecule has 0 amide bonds. The number of halogens is 1. The maximum atomic E-state index is 11.5. The lowest BCUT2D eigenvalue weighted by molar-refractivity contribution is 0.0955. The van der Waals surface area contributed by atoms with E-state index in [0.29, 0.717) is 10.6 Å². The van der Waals surface area contributed by atoms with Crippen LogP contribution >= 0.6 is 11.6 Å². The van der Waals surface area contributed by atoms with Gasteiger partial charge in [-0.25, -0.2) is 0 Å². The topological polar surface area (TPSA) is 40.5 Å². The van der Waals surface area contributed by atoms with Crippen LogP contribution in [0.4, 0.5) is 0 Å². The van der Waals surface area contributed by atoms with Crippen molar-refractivity contribution in [2.75, 3.05) is 20.6 Å². The van der Waals surface area contributed by atoms with Gasteiger partial charge in [-0.3, -0.25) is 4.79 Å². The van der Waals surface area contributed by atoms with Gasteiger partial charge < -0.3 is 10.0 Å². The Bertz CT molecular complexity index is 350. The highest BCUT2D eigenvalue weighted by Crippen LogP contribution is 2.22. The van der Waals surface area contributed by atoms with Gasteiger partial charge >= 0.3 is 0 Å². The molecule has 1 rings (SSSR count). The van der Waals surface area contributed by atoms with E-state index in [9.17, 15) is 9.90 Å². The molecule has 4 heteroatoms. The minimum absolute atomic E-state index is 0.0654. The van der Waals surface area contributed by atoms with E-state index in [1.165, 1.54) is 12.1 Å². The van der Waals surface area contributed by atoms with Crippen LogP contribution in [-0.2, 0) is 0 Å². The van der Waals surface area contributed by atoms with Crippen molar-refractivity contribution in [2.45, 2.75) is 0 Å². The number of phenolic OH excluding ortho intramolecular Hbond substituents is 1. The molecule has 0 unspecified atom stereocenters. The van der Waals surface area contributed by atoms with E-state index in [-0.39, 0.29) is 18.1 Å². The molecular weight excluding hydrogens is 202 g/mol. The fourth-order valence-corrected chi connectivity index (χ4v) is 1.28. The van der Waals surface area contributed by atoms with Crippen LogP contribution in [0.2, 0.25) is 5.02 Å². The Morgan fingerprint density at radius 3 is 2.64 bits per heavy atom. The smallest absolute Gasteiger partial charge is 0.180 e. The number of hydrogen-bond acceptors (Lipinski definition) is 3. The first-order chi connectivity index (χ1) is 6.50. The number of likely N-dealkylation sites (N-methyl/N-ethyl adjacent to an activating group) is 1. The summed E-state index contributed by atoms with van der Waals surface area (Å²) in [5.41, 5.74) is 0.308. The maximum Gasteiger partial charge on any atom is 0.180 e. The molecule has 0 aliphatic heterocycles. The van der Waals surface area contributed by atoms with Gasteiger partial charge in [0, 0.05) is 5.02 Å². The van der Waals surface area contributed by atoms with Gasteiger partial charge in [0.05, 0.1) is 12.1 Å². The normalized spacial score (nSPS) is 10.6. The third-order valence-electron chi connectivity index (χ3n) is 1.72. The summed E-state index contributed by atoms with van der Waals surface area (Å²) in [6.45, 7) is 0.273. The van der Waals surface area contributed by atoms with Gasteiger partial charge in [0.25, 0.3) is 0 Å². The molecule has 0 atom stereocenters. The fraction of sp³-hybridized carbons (Fsp3) is 0.300. The molecule has 0 saturated carbocycles. The van der Waals surface area contributed by atoms with Crippen LogP contribution in [0.1, 0.15) is 10.4 Å². The Morgan fingerprint density at radius 1 is 1.50 bits per heavy atom. The van der Waals surface area contributed by atoms with Crippen LogP contribution in [0.5, 0.6) is 5.75 Å². The molecule has 0 aromatic heterocycles. The van der Waals surface area contributed by atoms with E-state index >= 15 is 0 Å². The van der Waals surface area contributed by atoms with Gasteiger partial charge in [0.15, 0.2) is 5.78 Å². The molecule has 0 spiro atoms. The molecule has 1 aromatic carbocycles. The van der Waals surface area contributed by atoms with Crippen LogP contribution in [0.25, 0.3) is 0 Å². The summed E-state index contributed by atoms with van der Waals surface area (Å²) in [5.74, 6) is -0.187. The van der Waals surface area contributed by atoms with Gasteiger partial charge in [-0.2, -0.15) is 0 Å². The van der Waals surface area contributed by atoms with Crippen LogP contribution in [-0.4, -0.2) is 36.4 Å². The second kappa shape index (κ2) is 4.44. The van der Waals surface area contributed by atoms with Crippen LogP contribution < -0.4 is 0 Å². The second-order valence-electron chi connectivity index (χ2n) is 3.32. The summed E-state index contributed by atoms with van der Waals surface area (Å²) < 4.78 is 0. The van der Waals surface area contributed by atoms with Crippen molar-refractivity contribution in [3.8, 4) is 5.75 Å². The number of aromatic hydroxyl groups is 1. The Balaban J connectivity index is 2.90. The summed E-state index contributed by atoms with van der Waals surface area (Å²) in [5, 5.41) is 9.87. The molecule has 0 heterocycles. The number of carbonyl (C=O) groups excluding carboxylic acids is 1. The van der Waals surface area contributed by atoms with Crippen LogP contribution in [0, 0.1) is 0 Å². The first-order valence-corrected chi connectivity index (χ1v) is 4.55. The van der Waals surface area contributed by atoms with E-state index in [2.05, 4.69) is 0 Å². The standard InChI is InChI=1S/C10H12ClNO2/c1-12(2)6-10(14)8-4-3-7(11)5-9(8)13/h3-5,13H,6H2,1-2H3. The van der Waals surface area contributed by atoms with Gasteiger partial charge in [0.1, 0.15) is 5.75 Å². The van der Waals surface area contributed by atoms with Crippen LogP contribution in [0.3, 0.4) is 0 Å². The first kappa shape index (κ1) is 11.0. The summed E-state index contributed by atoms with van der Waals surface area (Å²) in [7, 11) is 3.59. The largest absolute Gasteiger partial charge is 0.507 e. The maximum absolute atomic E-state index is 11.5. The molecule has 0 aliphatic rings. The molecule has 0 bridgehead atoms. The summed E-state index contributed by atoms with van der Waals surface area (Å²) >= 11 is 5.65. The minimum Gasteiger partial charge on any atom is -0.507 e. The number of Topliss-reactive ketones (excluding diaryl/α,β-unsaturated/α-hetero) is 1. The van der Waals surface area contributed by atoms with Gasteiger partial charge in [0.2, 0.25) is 0 Å². The predicted octanol–water partition coefficient (Wildman–Crippen LogP) is 1.79. The van der Waals surface area contributed by atoms with E-state index in [1.807, 2.05) is 0 Å². The summed E-state index contributed by atoms with van der Waals surface area (Å²) in [6, 6.07) is 4.48. The Labute approximate surface area is 87.9 Å². The van der Waals surface area contributed by atoms with E-state index < -0.39 is 0 Å². The molecule has 0 fully saturated rings. The number of ketones is 1. The lowest BCUT2D eigenvalue weighted by atomic mass is 10.1. The quantitative estimate of drug-likeness (QED) is 0.779. The number of hydrogen-bond donors (Lipinski definition) is 1. The predicted molar refractivity (Wildman–Crippen MR) is 56.0 cm³/mol. The molecule has 3 nitrogen and oxygen atoms in total. The highest BCUT2D eigenvalue weighted by atomic mass is 35.5. The van der Waals surface area contributed by atoms with Crippen molar-refractivity contribution >= 4 is 17.4 Å². The SMILES string of the molecule is CN(C)CC(=O)c1ccc(Cl)cc1O. The zero-order valence-corrected chi connectivity index (χ0v) is 8.88. The van der Waals surface area contributed by atoms with Crippen LogP contribution in [0.15, 0.2) is 18.2 Å². The first-order valence-electron chi connectivity index (χ1n) is 4.17. The number of rotatable bonds is 3. The monoisotopic (exact) mass is 213 g/mol. The molecule has 0 radical (unpaired) electrons. The van der Waals surface area contributed by atoms with Crippen molar-refractivity contribution in [3.05, 3.63) is 28.8 Å².